The monoisotopic (exact) mass is 334 g/mol. The fraction of sp³-hybridized carbons (Fsp3) is 0.105. The Morgan fingerprint density at radius 2 is 1.88 bits per heavy atom. The fourth-order valence-electron chi connectivity index (χ4n) is 2.23. The minimum Gasteiger partial charge on any atom is -0.497 e. The second-order valence-corrected chi connectivity index (χ2v) is 5.51. The number of hydrazone groups is 1. The third kappa shape index (κ3) is 4.11. The molecule has 0 unspecified atom stereocenters. The number of aromatic amines is 1. The summed E-state index contributed by atoms with van der Waals surface area (Å²) in [5, 5.41) is 10.9. The van der Waals surface area contributed by atoms with Crippen molar-refractivity contribution in [2.24, 2.45) is 5.10 Å². The maximum Gasteiger partial charge on any atom is 0.289 e. The zero-order valence-electron chi connectivity index (χ0n) is 14.0. The Morgan fingerprint density at radius 1 is 1.16 bits per heavy atom. The normalized spacial score (nSPS) is 10.8. The standard InChI is InChI=1S/C19H18N4O2/c1-13-3-7-15(8-4-13)17-11-18(22-21-17)19(24)23-20-12-14-5-9-16(25-2)10-6-14/h3-12H,1-2H3,(H,21,22)(H,23,24). The Kier molecular flexibility index (Phi) is 4.89. The van der Waals surface area contributed by atoms with E-state index < -0.39 is 0 Å². The minimum atomic E-state index is -0.351. The van der Waals surface area contributed by atoms with Crippen molar-refractivity contribution < 1.29 is 9.53 Å². The average Bonchev–Trinajstić information content (AvgIpc) is 3.13. The smallest absolute Gasteiger partial charge is 0.289 e. The van der Waals surface area contributed by atoms with E-state index in [0.717, 1.165) is 16.9 Å². The second kappa shape index (κ2) is 7.44. The third-order valence-electron chi connectivity index (χ3n) is 3.67. The van der Waals surface area contributed by atoms with Crippen LogP contribution in [0.3, 0.4) is 0 Å². The number of aryl methyl sites for hydroxylation is 1. The van der Waals surface area contributed by atoms with Gasteiger partial charge in [0.25, 0.3) is 5.91 Å². The van der Waals surface area contributed by atoms with Gasteiger partial charge in [0.05, 0.1) is 19.0 Å². The van der Waals surface area contributed by atoms with Gasteiger partial charge in [0, 0.05) is 5.56 Å². The molecule has 0 aliphatic rings. The molecule has 0 saturated carbocycles. The van der Waals surface area contributed by atoms with E-state index >= 15 is 0 Å². The quantitative estimate of drug-likeness (QED) is 0.556. The Hall–Kier alpha value is -3.41. The Labute approximate surface area is 145 Å². The first-order valence-corrected chi connectivity index (χ1v) is 7.75. The van der Waals surface area contributed by atoms with Gasteiger partial charge in [-0.15, -0.1) is 0 Å². The van der Waals surface area contributed by atoms with Crippen molar-refractivity contribution in [2.75, 3.05) is 7.11 Å². The molecule has 2 N–H and O–H groups in total. The molecule has 0 atom stereocenters. The van der Waals surface area contributed by atoms with Crippen LogP contribution in [0.4, 0.5) is 0 Å². The Balaban J connectivity index is 1.63. The lowest BCUT2D eigenvalue weighted by molar-refractivity contribution is 0.0950. The Morgan fingerprint density at radius 3 is 2.56 bits per heavy atom. The third-order valence-corrected chi connectivity index (χ3v) is 3.67. The number of nitrogens with one attached hydrogen (secondary N) is 2. The molecule has 1 amide bonds. The molecular formula is C19H18N4O2. The van der Waals surface area contributed by atoms with Gasteiger partial charge in [-0.25, -0.2) is 5.43 Å². The van der Waals surface area contributed by atoms with Crippen LogP contribution in [0.5, 0.6) is 5.75 Å². The highest BCUT2D eigenvalue weighted by molar-refractivity contribution is 5.94. The van der Waals surface area contributed by atoms with Gasteiger partial charge in [0.2, 0.25) is 0 Å². The average molecular weight is 334 g/mol. The first kappa shape index (κ1) is 16.4. The largest absolute Gasteiger partial charge is 0.497 e. The van der Waals surface area contributed by atoms with E-state index in [2.05, 4.69) is 20.7 Å². The number of methoxy groups -OCH3 is 1. The van der Waals surface area contributed by atoms with Gasteiger partial charge >= 0.3 is 0 Å². The van der Waals surface area contributed by atoms with Crippen molar-refractivity contribution in [3.8, 4) is 17.0 Å². The molecule has 126 valence electrons. The van der Waals surface area contributed by atoms with Crippen LogP contribution in [0.1, 0.15) is 21.6 Å². The van der Waals surface area contributed by atoms with Crippen molar-refractivity contribution in [2.45, 2.75) is 6.92 Å². The van der Waals surface area contributed by atoms with Gasteiger partial charge in [0.1, 0.15) is 11.4 Å². The van der Waals surface area contributed by atoms with Gasteiger partial charge in [-0.2, -0.15) is 10.2 Å². The molecule has 6 heteroatoms. The molecule has 0 saturated heterocycles. The number of hydrogen-bond acceptors (Lipinski definition) is 4. The van der Waals surface area contributed by atoms with Gasteiger partial charge in [-0.3, -0.25) is 9.89 Å². The molecule has 2 aromatic carbocycles. The molecular weight excluding hydrogens is 316 g/mol. The molecule has 1 heterocycles. The molecule has 25 heavy (non-hydrogen) atoms. The summed E-state index contributed by atoms with van der Waals surface area (Å²) in [5.74, 6) is 0.415. The summed E-state index contributed by atoms with van der Waals surface area (Å²) in [6.45, 7) is 2.02. The van der Waals surface area contributed by atoms with Crippen LogP contribution in [-0.2, 0) is 0 Å². The van der Waals surface area contributed by atoms with Gasteiger partial charge in [-0.05, 0) is 42.8 Å². The number of carbonyl (C=O) groups excluding carboxylic acids is 1. The van der Waals surface area contributed by atoms with Crippen LogP contribution in [-0.4, -0.2) is 29.4 Å². The number of ether oxygens (including phenoxy) is 1. The molecule has 3 rings (SSSR count). The van der Waals surface area contributed by atoms with Crippen molar-refractivity contribution in [1.82, 2.24) is 15.6 Å². The van der Waals surface area contributed by atoms with E-state index in [4.69, 9.17) is 4.74 Å². The SMILES string of the molecule is COc1ccc(C=NNC(=O)c2cc(-c3ccc(C)cc3)n[nH]2)cc1. The van der Waals surface area contributed by atoms with Gasteiger partial charge < -0.3 is 4.74 Å². The summed E-state index contributed by atoms with van der Waals surface area (Å²) in [7, 11) is 1.61. The number of H-pyrrole nitrogens is 1. The van der Waals surface area contributed by atoms with Crippen LogP contribution in [0, 0.1) is 6.92 Å². The molecule has 0 spiro atoms. The van der Waals surface area contributed by atoms with Crippen LogP contribution in [0.15, 0.2) is 59.7 Å². The second-order valence-electron chi connectivity index (χ2n) is 5.51. The summed E-state index contributed by atoms with van der Waals surface area (Å²) in [5.41, 5.74) is 6.51. The highest BCUT2D eigenvalue weighted by atomic mass is 16.5. The van der Waals surface area contributed by atoms with Crippen LogP contribution in [0.2, 0.25) is 0 Å². The summed E-state index contributed by atoms with van der Waals surface area (Å²) in [6.07, 6.45) is 1.56. The summed E-state index contributed by atoms with van der Waals surface area (Å²) < 4.78 is 5.09. The van der Waals surface area contributed by atoms with E-state index in [0.29, 0.717) is 11.4 Å². The molecule has 3 aromatic rings. The number of benzene rings is 2. The lowest BCUT2D eigenvalue weighted by Crippen LogP contribution is -2.17. The van der Waals surface area contributed by atoms with E-state index in [1.54, 1.807) is 19.4 Å². The predicted molar refractivity (Wildman–Crippen MR) is 96.8 cm³/mol. The van der Waals surface area contributed by atoms with Crippen LogP contribution in [0.25, 0.3) is 11.3 Å². The maximum absolute atomic E-state index is 12.1. The molecule has 0 radical (unpaired) electrons. The lowest BCUT2D eigenvalue weighted by Gasteiger charge is -1.99. The molecule has 0 aliphatic heterocycles. The fourth-order valence-corrected chi connectivity index (χ4v) is 2.23. The number of hydrogen-bond donors (Lipinski definition) is 2. The highest BCUT2D eigenvalue weighted by Gasteiger charge is 2.10. The molecule has 1 aromatic heterocycles. The summed E-state index contributed by atoms with van der Waals surface area (Å²) >= 11 is 0. The van der Waals surface area contributed by atoms with E-state index in [1.165, 1.54) is 5.56 Å². The predicted octanol–water partition coefficient (Wildman–Crippen LogP) is 3.16. The Bertz CT molecular complexity index is 881. The molecule has 0 bridgehead atoms. The number of aromatic nitrogens is 2. The first-order chi connectivity index (χ1) is 12.2. The zero-order chi connectivity index (χ0) is 17.6. The van der Waals surface area contributed by atoms with E-state index in [1.807, 2.05) is 55.5 Å². The van der Waals surface area contributed by atoms with Crippen LogP contribution >= 0.6 is 0 Å². The number of amides is 1. The summed E-state index contributed by atoms with van der Waals surface area (Å²) in [4.78, 5) is 12.1. The van der Waals surface area contributed by atoms with E-state index in [-0.39, 0.29) is 5.91 Å². The van der Waals surface area contributed by atoms with Gasteiger partial charge in [-0.1, -0.05) is 29.8 Å². The van der Waals surface area contributed by atoms with E-state index in [9.17, 15) is 4.79 Å². The van der Waals surface area contributed by atoms with Crippen molar-refractivity contribution in [3.05, 3.63) is 71.4 Å². The molecule has 0 fully saturated rings. The maximum atomic E-state index is 12.1. The number of nitrogens with zero attached hydrogens (tertiary/aromatic N) is 2. The first-order valence-electron chi connectivity index (χ1n) is 7.75. The summed E-state index contributed by atoms with van der Waals surface area (Å²) in [6, 6.07) is 17.0. The molecule has 6 nitrogen and oxygen atoms in total. The van der Waals surface area contributed by atoms with Gasteiger partial charge in [0.15, 0.2) is 0 Å². The minimum absolute atomic E-state index is 0.349. The van der Waals surface area contributed by atoms with Crippen molar-refractivity contribution in [3.63, 3.8) is 0 Å². The van der Waals surface area contributed by atoms with Crippen molar-refractivity contribution in [1.29, 1.82) is 0 Å². The van der Waals surface area contributed by atoms with Crippen LogP contribution < -0.4 is 10.2 Å². The number of rotatable bonds is 5. The molecule has 0 aliphatic carbocycles. The topological polar surface area (TPSA) is 79.4 Å². The highest BCUT2D eigenvalue weighted by Crippen LogP contribution is 2.18. The lowest BCUT2D eigenvalue weighted by atomic mass is 10.1. The van der Waals surface area contributed by atoms with Crippen molar-refractivity contribution >= 4 is 12.1 Å². The zero-order valence-corrected chi connectivity index (χ0v) is 14.0. The number of carbonyl (C=O) groups is 1.